The average Bonchev–Trinajstić information content (AvgIpc) is 2.73. The van der Waals surface area contributed by atoms with Crippen molar-refractivity contribution < 1.29 is 13.6 Å². The van der Waals surface area contributed by atoms with Crippen LogP contribution in [0, 0.1) is 0 Å². The summed E-state index contributed by atoms with van der Waals surface area (Å²) >= 11 is 0. The van der Waals surface area contributed by atoms with E-state index in [4.69, 9.17) is 5.73 Å². The summed E-state index contributed by atoms with van der Waals surface area (Å²) in [5.41, 5.74) is 5.55. The number of aromatic nitrogens is 3. The number of hydrogen-bond donors (Lipinski definition) is 2. The molecule has 1 aliphatic heterocycles. The van der Waals surface area contributed by atoms with Crippen LogP contribution in [0.25, 0.3) is 0 Å². The number of hydrogen-bond acceptors (Lipinski definition) is 6. The van der Waals surface area contributed by atoms with E-state index in [0.717, 1.165) is 0 Å². The molecule has 1 fully saturated rings. The van der Waals surface area contributed by atoms with Crippen molar-refractivity contribution >= 4 is 17.8 Å². The third kappa shape index (κ3) is 2.75. The molecule has 1 saturated heterocycles. The maximum absolute atomic E-state index is 13.6. The van der Waals surface area contributed by atoms with Crippen LogP contribution in [0.3, 0.4) is 0 Å². The van der Waals surface area contributed by atoms with Gasteiger partial charge >= 0.3 is 0 Å². The molecule has 0 aliphatic carbocycles. The Labute approximate surface area is 114 Å². The predicted molar refractivity (Wildman–Crippen MR) is 68.4 cm³/mol. The van der Waals surface area contributed by atoms with Crippen molar-refractivity contribution in [2.45, 2.75) is 31.7 Å². The van der Waals surface area contributed by atoms with E-state index in [0.29, 0.717) is 12.2 Å². The van der Waals surface area contributed by atoms with Crippen LogP contribution in [-0.4, -0.2) is 46.4 Å². The van der Waals surface area contributed by atoms with Gasteiger partial charge < -0.3 is 16.0 Å². The molecule has 20 heavy (non-hydrogen) atoms. The lowest BCUT2D eigenvalue weighted by Gasteiger charge is -2.22. The molecule has 2 rings (SSSR count). The number of amides is 1. The molecule has 1 aromatic heterocycles. The lowest BCUT2D eigenvalue weighted by Crippen LogP contribution is -2.43. The zero-order valence-corrected chi connectivity index (χ0v) is 11.2. The molecule has 7 nitrogen and oxygen atoms in total. The SMILES string of the molecule is CCc1nc(N)nc(N2CC(F)(F)C[C@H]2C(=O)NC)n1. The van der Waals surface area contributed by atoms with Crippen LogP contribution in [0.1, 0.15) is 19.2 Å². The zero-order valence-electron chi connectivity index (χ0n) is 11.2. The number of nitrogens with one attached hydrogen (secondary N) is 1. The molecular formula is C11H16F2N6O. The van der Waals surface area contributed by atoms with Gasteiger partial charge in [-0.05, 0) is 0 Å². The summed E-state index contributed by atoms with van der Waals surface area (Å²) in [5.74, 6) is -3.10. The summed E-state index contributed by atoms with van der Waals surface area (Å²) in [7, 11) is 1.40. The highest BCUT2D eigenvalue weighted by atomic mass is 19.3. The first-order valence-corrected chi connectivity index (χ1v) is 6.23. The third-order valence-corrected chi connectivity index (χ3v) is 3.08. The molecule has 0 saturated carbocycles. The van der Waals surface area contributed by atoms with Gasteiger partial charge in [0.15, 0.2) is 0 Å². The monoisotopic (exact) mass is 286 g/mol. The van der Waals surface area contributed by atoms with Crippen molar-refractivity contribution in [1.29, 1.82) is 0 Å². The van der Waals surface area contributed by atoms with E-state index in [1.165, 1.54) is 11.9 Å². The molecule has 9 heteroatoms. The van der Waals surface area contributed by atoms with Gasteiger partial charge in [-0.25, -0.2) is 8.78 Å². The van der Waals surface area contributed by atoms with Crippen molar-refractivity contribution in [1.82, 2.24) is 20.3 Å². The number of nitrogens with zero attached hydrogens (tertiary/aromatic N) is 4. The Bertz CT molecular complexity index is 524. The van der Waals surface area contributed by atoms with E-state index in [9.17, 15) is 13.6 Å². The maximum atomic E-state index is 13.6. The number of rotatable bonds is 3. The fourth-order valence-corrected chi connectivity index (χ4v) is 2.14. The van der Waals surface area contributed by atoms with E-state index < -0.39 is 30.8 Å². The van der Waals surface area contributed by atoms with Crippen LogP contribution in [0.15, 0.2) is 0 Å². The molecule has 0 spiro atoms. The second-order valence-corrected chi connectivity index (χ2v) is 4.58. The van der Waals surface area contributed by atoms with E-state index in [2.05, 4.69) is 20.3 Å². The molecular weight excluding hydrogens is 270 g/mol. The fraction of sp³-hybridized carbons (Fsp3) is 0.636. The summed E-state index contributed by atoms with van der Waals surface area (Å²) in [6, 6.07) is -1.01. The highest BCUT2D eigenvalue weighted by Crippen LogP contribution is 2.34. The number of nitrogen functional groups attached to an aromatic ring is 1. The average molecular weight is 286 g/mol. The van der Waals surface area contributed by atoms with E-state index in [-0.39, 0.29) is 11.9 Å². The molecule has 1 atom stereocenters. The Kier molecular flexibility index (Phi) is 3.69. The number of anilines is 2. The van der Waals surface area contributed by atoms with Gasteiger partial charge in [-0.15, -0.1) is 0 Å². The summed E-state index contributed by atoms with van der Waals surface area (Å²) < 4.78 is 27.2. The molecule has 3 N–H and O–H groups in total. The van der Waals surface area contributed by atoms with Crippen LogP contribution < -0.4 is 16.0 Å². The van der Waals surface area contributed by atoms with Gasteiger partial charge in [-0.3, -0.25) is 4.79 Å². The van der Waals surface area contributed by atoms with Gasteiger partial charge in [0, 0.05) is 19.9 Å². The van der Waals surface area contributed by atoms with Crippen LogP contribution in [0.5, 0.6) is 0 Å². The van der Waals surface area contributed by atoms with Gasteiger partial charge in [-0.2, -0.15) is 15.0 Å². The standard InChI is InChI=1S/C11H16F2N6O/c1-3-7-16-9(14)18-10(17-7)19-5-11(12,13)4-6(19)8(20)15-2/h6H,3-5H2,1-2H3,(H,15,20)(H2,14,16,17,18)/t6-/m0/s1. The number of halogens is 2. The number of alkyl halides is 2. The number of carbonyl (C=O) groups is 1. The van der Waals surface area contributed by atoms with Crippen molar-refractivity contribution in [3.63, 3.8) is 0 Å². The smallest absolute Gasteiger partial charge is 0.267 e. The molecule has 1 aromatic rings. The summed E-state index contributed by atoms with van der Waals surface area (Å²) in [6.07, 6.45) is -0.0751. The van der Waals surface area contributed by atoms with Crippen LogP contribution >= 0.6 is 0 Å². The molecule has 0 bridgehead atoms. The third-order valence-electron chi connectivity index (χ3n) is 3.08. The lowest BCUT2D eigenvalue weighted by atomic mass is 10.2. The first kappa shape index (κ1) is 14.4. The maximum Gasteiger partial charge on any atom is 0.267 e. The van der Waals surface area contributed by atoms with Gasteiger partial charge in [0.2, 0.25) is 17.8 Å². The Morgan fingerprint density at radius 1 is 1.50 bits per heavy atom. The van der Waals surface area contributed by atoms with E-state index in [1.54, 1.807) is 0 Å². The fourth-order valence-electron chi connectivity index (χ4n) is 2.14. The van der Waals surface area contributed by atoms with Crippen molar-refractivity contribution in [2.24, 2.45) is 0 Å². The van der Waals surface area contributed by atoms with Crippen molar-refractivity contribution in [3.05, 3.63) is 5.82 Å². The Balaban J connectivity index is 2.38. The van der Waals surface area contributed by atoms with Crippen molar-refractivity contribution in [2.75, 3.05) is 24.2 Å². The summed E-state index contributed by atoms with van der Waals surface area (Å²) in [6.45, 7) is 1.20. The summed E-state index contributed by atoms with van der Waals surface area (Å²) in [5, 5.41) is 2.37. The molecule has 1 amide bonds. The first-order valence-electron chi connectivity index (χ1n) is 6.23. The second kappa shape index (κ2) is 5.14. The number of carbonyl (C=O) groups excluding carboxylic acids is 1. The molecule has 0 aromatic carbocycles. The predicted octanol–water partition coefficient (Wildman–Crippen LogP) is -0.0238. The first-order chi connectivity index (χ1) is 9.36. The van der Waals surface area contributed by atoms with Crippen LogP contribution in [0.2, 0.25) is 0 Å². The van der Waals surface area contributed by atoms with Gasteiger partial charge in [0.1, 0.15) is 11.9 Å². The Hall–Kier alpha value is -2.06. The zero-order chi connectivity index (χ0) is 14.9. The minimum atomic E-state index is -2.97. The minimum Gasteiger partial charge on any atom is -0.368 e. The van der Waals surface area contributed by atoms with Crippen LogP contribution in [-0.2, 0) is 11.2 Å². The highest BCUT2D eigenvalue weighted by molar-refractivity contribution is 5.85. The molecule has 0 radical (unpaired) electrons. The molecule has 110 valence electrons. The Morgan fingerprint density at radius 3 is 2.80 bits per heavy atom. The normalized spacial score (nSPS) is 21.0. The molecule has 0 unspecified atom stereocenters. The Morgan fingerprint density at radius 2 is 2.20 bits per heavy atom. The number of aryl methyl sites for hydroxylation is 1. The lowest BCUT2D eigenvalue weighted by molar-refractivity contribution is -0.122. The molecule has 2 heterocycles. The molecule has 1 aliphatic rings. The van der Waals surface area contributed by atoms with Crippen molar-refractivity contribution in [3.8, 4) is 0 Å². The topological polar surface area (TPSA) is 97.0 Å². The largest absolute Gasteiger partial charge is 0.368 e. The van der Waals surface area contributed by atoms with Gasteiger partial charge in [0.05, 0.1) is 6.54 Å². The highest BCUT2D eigenvalue weighted by Gasteiger charge is 2.49. The van der Waals surface area contributed by atoms with Gasteiger partial charge in [-0.1, -0.05) is 6.92 Å². The van der Waals surface area contributed by atoms with E-state index in [1.807, 2.05) is 6.92 Å². The summed E-state index contributed by atoms with van der Waals surface area (Å²) in [4.78, 5) is 24.7. The quantitative estimate of drug-likeness (QED) is 0.810. The number of likely N-dealkylation sites (N-methyl/N-ethyl adjacent to an activating group) is 1. The van der Waals surface area contributed by atoms with E-state index >= 15 is 0 Å². The van der Waals surface area contributed by atoms with Gasteiger partial charge in [0.25, 0.3) is 5.92 Å². The minimum absolute atomic E-state index is 0.0140. The second-order valence-electron chi connectivity index (χ2n) is 4.58. The number of nitrogens with two attached hydrogens (primary N) is 1. The van der Waals surface area contributed by atoms with Crippen LogP contribution in [0.4, 0.5) is 20.7 Å².